The van der Waals surface area contributed by atoms with E-state index in [4.69, 9.17) is 5.11 Å². The molecule has 0 radical (unpaired) electrons. The standard InChI is InChI=1S/C10H14N2O2/c1-12-9-4-2-3-7(5-10(13)14)8(9)6-11-12/h6-7H,2-5H2,1H3,(H,13,14). The van der Waals surface area contributed by atoms with Crippen LogP contribution in [0.5, 0.6) is 0 Å². The lowest BCUT2D eigenvalue weighted by atomic mass is 9.85. The van der Waals surface area contributed by atoms with Gasteiger partial charge in [-0.15, -0.1) is 0 Å². The summed E-state index contributed by atoms with van der Waals surface area (Å²) in [5, 5.41) is 13.0. The van der Waals surface area contributed by atoms with Crippen molar-refractivity contribution >= 4 is 5.97 Å². The van der Waals surface area contributed by atoms with Gasteiger partial charge in [0.15, 0.2) is 0 Å². The molecule has 76 valence electrons. The van der Waals surface area contributed by atoms with E-state index >= 15 is 0 Å². The fraction of sp³-hybridized carbons (Fsp3) is 0.600. The van der Waals surface area contributed by atoms with Crippen molar-refractivity contribution in [3.8, 4) is 0 Å². The molecule has 14 heavy (non-hydrogen) atoms. The summed E-state index contributed by atoms with van der Waals surface area (Å²) in [4.78, 5) is 10.7. The van der Waals surface area contributed by atoms with Gasteiger partial charge in [0.1, 0.15) is 0 Å². The van der Waals surface area contributed by atoms with Gasteiger partial charge in [-0.3, -0.25) is 9.48 Å². The molecule has 2 rings (SSSR count). The fourth-order valence-corrected chi connectivity index (χ4v) is 2.22. The van der Waals surface area contributed by atoms with E-state index < -0.39 is 5.97 Å². The first kappa shape index (κ1) is 9.24. The Morgan fingerprint density at radius 1 is 1.79 bits per heavy atom. The lowest BCUT2D eigenvalue weighted by Gasteiger charge is -2.20. The topological polar surface area (TPSA) is 55.1 Å². The van der Waals surface area contributed by atoms with Crippen molar-refractivity contribution in [3.63, 3.8) is 0 Å². The summed E-state index contributed by atoms with van der Waals surface area (Å²) in [6, 6.07) is 0. The van der Waals surface area contributed by atoms with Crippen molar-refractivity contribution in [1.82, 2.24) is 9.78 Å². The number of hydrogen-bond acceptors (Lipinski definition) is 2. The predicted octanol–water partition coefficient (Wildman–Crippen LogP) is 1.31. The van der Waals surface area contributed by atoms with Gasteiger partial charge < -0.3 is 5.11 Å². The second-order valence-corrected chi connectivity index (χ2v) is 3.86. The number of hydrogen-bond donors (Lipinski definition) is 1. The molecule has 1 heterocycles. The quantitative estimate of drug-likeness (QED) is 0.772. The van der Waals surface area contributed by atoms with Crippen LogP contribution in [0.15, 0.2) is 6.20 Å². The van der Waals surface area contributed by atoms with Crippen LogP contribution in [0.2, 0.25) is 0 Å². The minimum Gasteiger partial charge on any atom is -0.481 e. The van der Waals surface area contributed by atoms with Gasteiger partial charge in [0.05, 0.1) is 12.6 Å². The summed E-state index contributed by atoms with van der Waals surface area (Å²) in [6.45, 7) is 0. The number of aromatic nitrogens is 2. The minimum atomic E-state index is -0.716. The number of aliphatic carboxylic acids is 1. The first-order valence-corrected chi connectivity index (χ1v) is 4.91. The van der Waals surface area contributed by atoms with Crippen molar-refractivity contribution in [2.75, 3.05) is 0 Å². The highest BCUT2D eigenvalue weighted by atomic mass is 16.4. The highest BCUT2D eigenvalue weighted by molar-refractivity contribution is 5.68. The lowest BCUT2D eigenvalue weighted by molar-refractivity contribution is -0.137. The molecular weight excluding hydrogens is 180 g/mol. The van der Waals surface area contributed by atoms with Gasteiger partial charge in [-0.2, -0.15) is 5.10 Å². The second kappa shape index (κ2) is 3.44. The third-order valence-corrected chi connectivity index (χ3v) is 2.92. The van der Waals surface area contributed by atoms with E-state index in [-0.39, 0.29) is 12.3 Å². The lowest BCUT2D eigenvalue weighted by Crippen LogP contribution is -2.14. The molecule has 0 fully saturated rings. The van der Waals surface area contributed by atoms with Crippen LogP contribution in [0.4, 0.5) is 0 Å². The zero-order chi connectivity index (χ0) is 10.1. The Morgan fingerprint density at radius 3 is 3.29 bits per heavy atom. The molecule has 0 spiro atoms. The summed E-state index contributed by atoms with van der Waals surface area (Å²) < 4.78 is 1.86. The normalized spacial score (nSPS) is 20.5. The average molecular weight is 194 g/mol. The van der Waals surface area contributed by atoms with Crippen LogP contribution in [0.1, 0.15) is 36.4 Å². The molecule has 1 N–H and O–H groups in total. The molecule has 1 aliphatic carbocycles. The summed E-state index contributed by atoms with van der Waals surface area (Å²) >= 11 is 0. The van der Waals surface area contributed by atoms with E-state index in [1.807, 2.05) is 17.9 Å². The maximum absolute atomic E-state index is 10.7. The van der Waals surface area contributed by atoms with Gasteiger partial charge in [-0.1, -0.05) is 0 Å². The Kier molecular flexibility index (Phi) is 2.27. The van der Waals surface area contributed by atoms with Crippen LogP contribution in [0.25, 0.3) is 0 Å². The largest absolute Gasteiger partial charge is 0.481 e. The molecule has 1 aliphatic rings. The Balaban J connectivity index is 2.27. The Morgan fingerprint density at radius 2 is 2.57 bits per heavy atom. The van der Waals surface area contributed by atoms with Gasteiger partial charge in [-0.25, -0.2) is 0 Å². The SMILES string of the molecule is Cn1ncc2c1CCCC2CC(=O)O. The Bertz CT molecular complexity index is 357. The second-order valence-electron chi connectivity index (χ2n) is 3.86. The van der Waals surface area contributed by atoms with E-state index in [0.717, 1.165) is 24.8 Å². The highest BCUT2D eigenvalue weighted by Gasteiger charge is 2.24. The average Bonchev–Trinajstić information content (AvgIpc) is 2.49. The molecule has 4 heteroatoms. The van der Waals surface area contributed by atoms with Gasteiger partial charge in [0.25, 0.3) is 0 Å². The number of rotatable bonds is 2. The number of carboxylic acid groups (broad SMARTS) is 1. The monoisotopic (exact) mass is 194 g/mol. The maximum atomic E-state index is 10.7. The van der Waals surface area contributed by atoms with Gasteiger partial charge in [0.2, 0.25) is 0 Å². The number of fused-ring (bicyclic) bond motifs is 1. The Hall–Kier alpha value is -1.32. The van der Waals surface area contributed by atoms with Crippen LogP contribution in [0.3, 0.4) is 0 Å². The van der Waals surface area contributed by atoms with E-state index in [9.17, 15) is 4.79 Å². The van der Waals surface area contributed by atoms with E-state index in [1.165, 1.54) is 5.69 Å². The van der Waals surface area contributed by atoms with Gasteiger partial charge in [-0.05, 0) is 30.7 Å². The van der Waals surface area contributed by atoms with Crippen LogP contribution in [-0.2, 0) is 18.3 Å². The van der Waals surface area contributed by atoms with Crippen molar-refractivity contribution in [3.05, 3.63) is 17.5 Å². The number of nitrogens with zero attached hydrogens (tertiary/aromatic N) is 2. The van der Waals surface area contributed by atoms with Crippen molar-refractivity contribution in [1.29, 1.82) is 0 Å². The van der Waals surface area contributed by atoms with Crippen LogP contribution in [-0.4, -0.2) is 20.9 Å². The van der Waals surface area contributed by atoms with Crippen molar-refractivity contribution in [2.45, 2.75) is 31.6 Å². The van der Waals surface area contributed by atoms with E-state index in [2.05, 4.69) is 5.10 Å². The third kappa shape index (κ3) is 1.52. The molecule has 4 nitrogen and oxygen atoms in total. The molecule has 1 aromatic heterocycles. The summed E-state index contributed by atoms with van der Waals surface area (Å²) in [7, 11) is 1.92. The predicted molar refractivity (Wildman–Crippen MR) is 51.1 cm³/mol. The molecule has 0 bridgehead atoms. The minimum absolute atomic E-state index is 0.171. The van der Waals surface area contributed by atoms with E-state index in [0.29, 0.717) is 0 Å². The van der Waals surface area contributed by atoms with Crippen LogP contribution in [0, 0.1) is 0 Å². The zero-order valence-corrected chi connectivity index (χ0v) is 8.23. The van der Waals surface area contributed by atoms with Gasteiger partial charge in [0, 0.05) is 12.7 Å². The van der Waals surface area contributed by atoms with Crippen LogP contribution < -0.4 is 0 Å². The fourth-order valence-electron chi connectivity index (χ4n) is 2.22. The molecule has 0 saturated carbocycles. The molecule has 1 unspecified atom stereocenters. The highest BCUT2D eigenvalue weighted by Crippen LogP contribution is 2.33. The molecule has 1 atom stereocenters. The first-order chi connectivity index (χ1) is 6.68. The Labute approximate surface area is 82.5 Å². The molecule has 0 saturated heterocycles. The molecule has 0 aromatic carbocycles. The maximum Gasteiger partial charge on any atom is 0.303 e. The molecular formula is C10H14N2O2. The summed E-state index contributed by atoms with van der Waals surface area (Å²) in [5.74, 6) is -0.545. The van der Waals surface area contributed by atoms with Crippen molar-refractivity contribution in [2.24, 2.45) is 7.05 Å². The van der Waals surface area contributed by atoms with E-state index in [1.54, 1.807) is 0 Å². The summed E-state index contributed by atoms with van der Waals surface area (Å²) in [6.07, 6.45) is 5.14. The molecule has 1 aromatic rings. The number of carbonyl (C=O) groups is 1. The first-order valence-electron chi connectivity index (χ1n) is 4.91. The summed E-state index contributed by atoms with van der Waals surface area (Å²) in [5.41, 5.74) is 2.35. The molecule has 0 amide bonds. The van der Waals surface area contributed by atoms with Crippen molar-refractivity contribution < 1.29 is 9.90 Å². The van der Waals surface area contributed by atoms with Gasteiger partial charge >= 0.3 is 5.97 Å². The molecule has 0 aliphatic heterocycles. The number of carboxylic acids is 1. The smallest absolute Gasteiger partial charge is 0.303 e. The van der Waals surface area contributed by atoms with Crippen LogP contribution >= 0.6 is 0 Å². The zero-order valence-electron chi connectivity index (χ0n) is 8.23. The third-order valence-electron chi connectivity index (χ3n) is 2.92. The number of aryl methyl sites for hydroxylation is 1.